The van der Waals surface area contributed by atoms with E-state index in [4.69, 9.17) is 0 Å². The molecule has 1 unspecified atom stereocenters. The monoisotopic (exact) mass is 245 g/mol. The van der Waals surface area contributed by atoms with Gasteiger partial charge in [0.05, 0.1) is 0 Å². The van der Waals surface area contributed by atoms with Gasteiger partial charge in [-0.15, -0.1) is 0 Å². The third kappa shape index (κ3) is 2.03. The van der Waals surface area contributed by atoms with Gasteiger partial charge in [0.1, 0.15) is 5.75 Å². The summed E-state index contributed by atoms with van der Waals surface area (Å²) < 4.78 is 0. The van der Waals surface area contributed by atoms with Gasteiger partial charge < -0.3 is 5.11 Å². The first-order chi connectivity index (χ1) is 8.57. The van der Waals surface area contributed by atoms with Crippen molar-refractivity contribution in [3.63, 3.8) is 0 Å². The van der Waals surface area contributed by atoms with Crippen LogP contribution in [-0.4, -0.2) is 23.1 Å². The molecule has 98 valence electrons. The quantitative estimate of drug-likeness (QED) is 0.818. The lowest BCUT2D eigenvalue weighted by Gasteiger charge is -2.41. The molecule has 1 aliphatic heterocycles. The van der Waals surface area contributed by atoms with E-state index in [-0.39, 0.29) is 0 Å². The number of fused-ring (bicyclic) bond motifs is 1. The molecule has 18 heavy (non-hydrogen) atoms. The Hall–Kier alpha value is -1.02. The van der Waals surface area contributed by atoms with Gasteiger partial charge in [-0.2, -0.15) is 0 Å². The highest BCUT2D eigenvalue weighted by Crippen LogP contribution is 2.42. The molecule has 0 saturated carbocycles. The normalized spacial score (nSPS) is 27.1. The Morgan fingerprint density at radius 2 is 2.17 bits per heavy atom. The highest BCUT2D eigenvalue weighted by molar-refractivity contribution is 5.44. The Kier molecular flexibility index (Phi) is 2.86. The largest absolute Gasteiger partial charge is 0.508 e. The van der Waals surface area contributed by atoms with E-state index in [1.165, 1.54) is 43.5 Å². The van der Waals surface area contributed by atoms with Gasteiger partial charge in [0.15, 0.2) is 0 Å². The van der Waals surface area contributed by atoms with Gasteiger partial charge in [-0.1, -0.05) is 26.0 Å². The second-order valence-electron chi connectivity index (χ2n) is 6.64. The topological polar surface area (TPSA) is 23.5 Å². The molecule has 1 heterocycles. The van der Waals surface area contributed by atoms with Crippen LogP contribution < -0.4 is 0 Å². The average Bonchev–Trinajstić information content (AvgIpc) is 2.73. The number of nitrogens with zero attached hydrogens (tertiary/aromatic N) is 1. The van der Waals surface area contributed by atoms with E-state index in [1.807, 2.05) is 12.1 Å². The van der Waals surface area contributed by atoms with Gasteiger partial charge in [0.25, 0.3) is 0 Å². The number of aromatic hydroxyl groups is 1. The van der Waals surface area contributed by atoms with Crippen LogP contribution in [0.5, 0.6) is 5.75 Å². The predicted octanol–water partition coefficient (Wildman–Crippen LogP) is 3.50. The van der Waals surface area contributed by atoms with Crippen LogP contribution in [0, 0.1) is 5.41 Å². The maximum Gasteiger partial charge on any atom is 0.119 e. The van der Waals surface area contributed by atoms with E-state index >= 15 is 0 Å². The molecule has 0 radical (unpaired) electrons. The minimum atomic E-state index is 0.442. The first-order valence-electron chi connectivity index (χ1n) is 7.12. The Morgan fingerprint density at radius 1 is 1.33 bits per heavy atom. The lowest BCUT2D eigenvalue weighted by atomic mass is 9.83. The Bertz CT molecular complexity index is 452. The second-order valence-corrected chi connectivity index (χ2v) is 6.64. The van der Waals surface area contributed by atoms with Gasteiger partial charge in [-0.05, 0) is 54.8 Å². The molecule has 2 aliphatic rings. The van der Waals surface area contributed by atoms with Gasteiger partial charge >= 0.3 is 0 Å². The summed E-state index contributed by atoms with van der Waals surface area (Å²) in [5.41, 5.74) is 3.00. The summed E-state index contributed by atoms with van der Waals surface area (Å²) in [7, 11) is 0. The number of hydrogen-bond donors (Lipinski definition) is 1. The molecule has 1 aliphatic carbocycles. The van der Waals surface area contributed by atoms with Gasteiger partial charge in [0, 0.05) is 12.6 Å². The highest BCUT2D eigenvalue weighted by atomic mass is 16.3. The fraction of sp³-hybridized carbons (Fsp3) is 0.625. The van der Waals surface area contributed by atoms with Crippen LogP contribution in [-0.2, 0) is 6.42 Å². The van der Waals surface area contributed by atoms with E-state index in [0.29, 0.717) is 17.2 Å². The average molecular weight is 245 g/mol. The van der Waals surface area contributed by atoms with Crippen molar-refractivity contribution in [2.24, 2.45) is 5.41 Å². The van der Waals surface area contributed by atoms with Crippen molar-refractivity contribution in [3.8, 4) is 5.75 Å². The molecular weight excluding hydrogens is 222 g/mol. The van der Waals surface area contributed by atoms with Crippen molar-refractivity contribution in [2.45, 2.75) is 45.6 Å². The highest BCUT2D eigenvalue weighted by Gasteiger charge is 2.34. The van der Waals surface area contributed by atoms with Crippen LogP contribution in [0.2, 0.25) is 0 Å². The Morgan fingerprint density at radius 3 is 2.94 bits per heavy atom. The van der Waals surface area contributed by atoms with Gasteiger partial charge in [-0.25, -0.2) is 0 Å². The van der Waals surface area contributed by atoms with Crippen LogP contribution in [0.3, 0.4) is 0 Å². The summed E-state index contributed by atoms with van der Waals surface area (Å²) in [4.78, 5) is 2.63. The first-order valence-corrected chi connectivity index (χ1v) is 7.12. The SMILES string of the molecule is CC1(C)CCCN(C2CCc3c(O)cccc32)C1. The first kappa shape index (κ1) is 12.0. The number of phenolic OH excluding ortho intramolecular Hbond substituents is 1. The maximum absolute atomic E-state index is 9.93. The summed E-state index contributed by atoms with van der Waals surface area (Å²) in [5, 5.41) is 9.93. The molecule has 0 bridgehead atoms. The molecule has 0 spiro atoms. The van der Waals surface area contributed by atoms with Crippen molar-refractivity contribution >= 4 is 0 Å². The van der Waals surface area contributed by atoms with Crippen LogP contribution in [0.15, 0.2) is 18.2 Å². The lowest BCUT2D eigenvalue weighted by Crippen LogP contribution is -2.41. The van der Waals surface area contributed by atoms with Gasteiger partial charge in [-0.3, -0.25) is 4.90 Å². The summed E-state index contributed by atoms with van der Waals surface area (Å²) in [6.45, 7) is 7.14. The van der Waals surface area contributed by atoms with E-state index in [0.717, 1.165) is 6.42 Å². The molecule has 1 saturated heterocycles. The molecule has 1 aromatic rings. The number of phenols is 1. The predicted molar refractivity (Wildman–Crippen MR) is 73.8 cm³/mol. The summed E-state index contributed by atoms with van der Waals surface area (Å²) in [6, 6.07) is 6.55. The molecule has 2 heteroatoms. The van der Waals surface area contributed by atoms with E-state index in [9.17, 15) is 5.11 Å². The van der Waals surface area contributed by atoms with Crippen molar-refractivity contribution in [2.75, 3.05) is 13.1 Å². The third-order valence-electron chi connectivity index (χ3n) is 4.59. The number of piperidine rings is 1. The molecule has 3 rings (SSSR count). The Labute approximate surface area is 110 Å². The van der Waals surface area contributed by atoms with Crippen LogP contribution in [0.1, 0.15) is 50.3 Å². The zero-order valence-corrected chi connectivity index (χ0v) is 11.4. The van der Waals surface area contributed by atoms with Gasteiger partial charge in [0.2, 0.25) is 0 Å². The zero-order valence-electron chi connectivity index (χ0n) is 11.4. The fourth-order valence-corrected chi connectivity index (χ4v) is 3.73. The molecular formula is C16H23NO. The Balaban J connectivity index is 1.86. The molecule has 1 aromatic carbocycles. The van der Waals surface area contributed by atoms with Crippen LogP contribution >= 0.6 is 0 Å². The van der Waals surface area contributed by atoms with Crippen LogP contribution in [0.25, 0.3) is 0 Å². The minimum absolute atomic E-state index is 0.442. The molecule has 1 atom stereocenters. The fourth-order valence-electron chi connectivity index (χ4n) is 3.73. The zero-order chi connectivity index (χ0) is 12.8. The van der Waals surface area contributed by atoms with Crippen LogP contribution in [0.4, 0.5) is 0 Å². The minimum Gasteiger partial charge on any atom is -0.508 e. The van der Waals surface area contributed by atoms with E-state index < -0.39 is 0 Å². The summed E-state index contributed by atoms with van der Waals surface area (Å²) in [6.07, 6.45) is 4.84. The second kappa shape index (κ2) is 4.27. The number of rotatable bonds is 1. The maximum atomic E-state index is 9.93. The smallest absolute Gasteiger partial charge is 0.119 e. The van der Waals surface area contributed by atoms with Crippen molar-refractivity contribution in [1.82, 2.24) is 4.90 Å². The lowest BCUT2D eigenvalue weighted by molar-refractivity contribution is 0.0781. The summed E-state index contributed by atoms with van der Waals surface area (Å²) >= 11 is 0. The number of hydrogen-bond acceptors (Lipinski definition) is 2. The molecule has 2 nitrogen and oxygen atoms in total. The van der Waals surface area contributed by atoms with E-state index in [2.05, 4.69) is 24.8 Å². The molecule has 0 aromatic heterocycles. The van der Waals surface area contributed by atoms with Crippen molar-refractivity contribution in [1.29, 1.82) is 0 Å². The molecule has 1 fully saturated rings. The van der Waals surface area contributed by atoms with E-state index in [1.54, 1.807) is 0 Å². The van der Waals surface area contributed by atoms with Crippen molar-refractivity contribution < 1.29 is 5.11 Å². The molecule has 0 amide bonds. The summed E-state index contributed by atoms with van der Waals surface area (Å²) in [5.74, 6) is 0.492. The third-order valence-corrected chi connectivity index (χ3v) is 4.59. The molecule has 1 N–H and O–H groups in total. The standard InChI is InChI=1S/C16H23NO/c1-16(2)9-4-10-17(11-16)14-8-7-13-12(14)5-3-6-15(13)18/h3,5-6,14,18H,4,7-11H2,1-2H3. The number of benzene rings is 1. The number of likely N-dealkylation sites (tertiary alicyclic amines) is 1. The van der Waals surface area contributed by atoms with Crippen molar-refractivity contribution in [3.05, 3.63) is 29.3 Å².